The maximum atomic E-state index is 11.8. The number of likely N-dealkylation sites (tertiary alicyclic amines) is 1. The smallest absolute Gasteiger partial charge is 0.319 e. The Morgan fingerprint density at radius 2 is 1.95 bits per heavy atom. The van der Waals surface area contributed by atoms with Crippen molar-refractivity contribution in [2.45, 2.75) is 12.8 Å². The van der Waals surface area contributed by atoms with Gasteiger partial charge in [0.15, 0.2) is 0 Å². The van der Waals surface area contributed by atoms with E-state index in [1.54, 1.807) is 29.2 Å². The van der Waals surface area contributed by atoms with Gasteiger partial charge in [0.25, 0.3) is 0 Å². The van der Waals surface area contributed by atoms with Gasteiger partial charge in [0, 0.05) is 13.1 Å². The number of carbonyl (C=O) groups is 2. The second-order valence-electron chi connectivity index (χ2n) is 4.55. The monoisotopic (exact) mass is 272 g/mol. The molecule has 0 spiro atoms. The van der Waals surface area contributed by atoms with Gasteiger partial charge in [0.05, 0.1) is 17.8 Å². The van der Waals surface area contributed by atoms with Crippen LogP contribution in [0.1, 0.15) is 18.4 Å². The molecular weight excluding hydrogens is 256 g/mol. The Morgan fingerprint density at radius 1 is 1.25 bits per heavy atom. The molecule has 1 aromatic rings. The van der Waals surface area contributed by atoms with Crippen LogP contribution in [0.5, 0.6) is 0 Å². The Balaban J connectivity index is 1.83. The molecule has 0 atom stereocenters. The minimum absolute atomic E-state index is 0.0272. The third kappa shape index (κ3) is 3.48. The van der Waals surface area contributed by atoms with Gasteiger partial charge in [-0.1, -0.05) is 12.1 Å². The first-order valence-corrected chi connectivity index (χ1v) is 6.52. The highest BCUT2D eigenvalue weighted by atomic mass is 16.2. The van der Waals surface area contributed by atoms with E-state index in [1.807, 2.05) is 6.07 Å². The summed E-state index contributed by atoms with van der Waals surface area (Å²) in [6, 6.07) is 8.21. The zero-order valence-corrected chi connectivity index (χ0v) is 11.1. The molecule has 0 bridgehead atoms. The number of anilines is 1. The van der Waals surface area contributed by atoms with Crippen LogP contribution in [0.25, 0.3) is 0 Å². The maximum Gasteiger partial charge on any atom is 0.319 e. The molecule has 0 aliphatic carbocycles. The molecule has 0 saturated carbocycles. The van der Waals surface area contributed by atoms with Crippen LogP contribution >= 0.6 is 0 Å². The van der Waals surface area contributed by atoms with Gasteiger partial charge in [0.2, 0.25) is 5.91 Å². The zero-order valence-electron chi connectivity index (χ0n) is 11.1. The van der Waals surface area contributed by atoms with Crippen molar-refractivity contribution in [1.29, 1.82) is 5.26 Å². The molecule has 1 aliphatic rings. The molecule has 0 unspecified atom stereocenters. The molecule has 1 saturated heterocycles. The van der Waals surface area contributed by atoms with E-state index in [9.17, 15) is 9.59 Å². The lowest BCUT2D eigenvalue weighted by Gasteiger charge is -2.15. The van der Waals surface area contributed by atoms with Crippen molar-refractivity contribution >= 4 is 17.6 Å². The number of urea groups is 1. The predicted molar refractivity (Wildman–Crippen MR) is 74.0 cm³/mol. The summed E-state index contributed by atoms with van der Waals surface area (Å²) >= 11 is 0. The van der Waals surface area contributed by atoms with Crippen molar-refractivity contribution in [3.63, 3.8) is 0 Å². The minimum atomic E-state index is -0.486. The van der Waals surface area contributed by atoms with Gasteiger partial charge in [-0.3, -0.25) is 4.79 Å². The summed E-state index contributed by atoms with van der Waals surface area (Å²) in [4.78, 5) is 25.2. The second-order valence-corrected chi connectivity index (χ2v) is 4.55. The van der Waals surface area contributed by atoms with Crippen LogP contribution in [0.3, 0.4) is 0 Å². The quantitative estimate of drug-likeness (QED) is 0.869. The lowest BCUT2D eigenvalue weighted by molar-refractivity contribution is -0.128. The number of rotatable bonds is 3. The van der Waals surface area contributed by atoms with Gasteiger partial charge in [-0.25, -0.2) is 4.79 Å². The first-order chi connectivity index (χ1) is 9.70. The van der Waals surface area contributed by atoms with Crippen molar-refractivity contribution in [2.75, 3.05) is 25.0 Å². The first-order valence-electron chi connectivity index (χ1n) is 6.52. The first kappa shape index (κ1) is 13.9. The predicted octanol–water partition coefficient (Wildman–Crippen LogP) is 1.30. The highest BCUT2D eigenvalue weighted by Crippen LogP contribution is 2.13. The third-order valence-electron chi connectivity index (χ3n) is 3.15. The number of amides is 3. The van der Waals surface area contributed by atoms with Crippen molar-refractivity contribution in [3.8, 4) is 6.07 Å². The average molecular weight is 272 g/mol. The highest BCUT2D eigenvalue weighted by molar-refractivity contribution is 5.93. The lowest BCUT2D eigenvalue weighted by atomic mass is 10.2. The molecule has 0 radical (unpaired) electrons. The molecular formula is C14H16N4O2. The van der Waals surface area contributed by atoms with E-state index in [4.69, 9.17) is 5.26 Å². The normalized spacial score (nSPS) is 13.7. The van der Waals surface area contributed by atoms with Crippen molar-refractivity contribution < 1.29 is 9.59 Å². The van der Waals surface area contributed by atoms with Gasteiger partial charge in [-0.2, -0.15) is 5.26 Å². The Hall–Kier alpha value is -2.55. The van der Waals surface area contributed by atoms with Gasteiger partial charge >= 0.3 is 6.03 Å². The number of nitrogens with one attached hydrogen (secondary N) is 2. The molecule has 1 heterocycles. The van der Waals surface area contributed by atoms with Gasteiger partial charge in [-0.05, 0) is 25.0 Å². The SMILES string of the molecule is N#Cc1ccccc1NC(=O)NCC(=O)N1CCCC1. The zero-order chi connectivity index (χ0) is 14.4. The summed E-state index contributed by atoms with van der Waals surface area (Å²) in [6.07, 6.45) is 2.04. The topological polar surface area (TPSA) is 85.2 Å². The molecule has 1 fully saturated rings. The lowest BCUT2D eigenvalue weighted by Crippen LogP contribution is -2.40. The molecule has 0 aromatic heterocycles. The van der Waals surface area contributed by atoms with Crippen molar-refractivity contribution in [1.82, 2.24) is 10.2 Å². The second kappa shape index (κ2) is 6.57. The molecule has 20 heavy (non-hydrogen) atoms. The van der Waals surface area contributed by atoms with Crippen LogP contribution in [0.2, 0.25) is 0 Å². The molecule has 1 aliphatic heterocycles. The fourth-order valence-electron chi connectivity index (χ4n) is 2.09. The molecule has 2 N–H and O–H groups in total. The number of hydrogen-bond acceptors (Lipinski definition) is 3. The Kier molecular flexibility index (Phi) is 4.56. The molecule has 6 heteroatoms. The minimum Gasteiger partial charge on any atom is -0.341 e. The molecule has 3 amide bonds. The number of hydrogen-bond donors (Lipinski definition) is 2. The number of nitrogens with zero attached hydrogens (tertiary/aromatic N) is 2. The molecule has 6 nitrogen and oxygen atoms in total. The van der Waals surface area contributed by atoms with Crippen molar-refractivity contribution in [2.24, 2.45) is 0 Å². The fraction of sp³-hybridized carbons (Fsp3) is 0.357. The van der Waals surface area contributed by atoms with E-state index >= 15 is 0 Å². The number of benzene rings is 1. The number of nitriles is 1. The van der Waals surface area contributed by atoms with E-state index in [0.717, 1.165) is 25.9 Å². The van der Waals surface area contributed by atoms with Gasteiger partial charge < -0.3 is 15.5 Å². The Morgan fingerprint density at radius 3 is 2.65 bits per heavy atom. The van der Waals surface area contributed by atoms with Gasteiger partial charge in [0.1, 0.15) is 6.07 Å². The van der Waals surface area contributed by atoms with E-state index < -0.39 is 6.03 Å². The summed E-state index contributed by atoms with van der Waals surface area (Å²) in [5, 5.41) is 14.0. The van der Waals surface area contributed by atoms with Crippen LogP contribution in [-0.2, 0) is 4.79 Å². The van der Waals surface area contributed by atoms with Crippen LogP contribution in [-0.4, -0.2) is 36.5 Å². The molecule has 1 aromatic carbocycles. The Labute approximate surface area is 117 Å². The number of para-hydroxylation sites is 1. The van der Waals surface area contributed by atoms with Crippen LogP contribution < -0.4 is 10.6 Å². The third-order valence-corrected chi connectivity index (χ3v) is 3.15. The van der Waals surface area contributed by atoms with E-state index in [2.05, 4.69) is 10.6 Å². The van der Waals surface area contributed by atoms with Crippen LogP contribution in [0.15, 0.2) is 24.3 Å². The summed E-state index contributed by atoms with van der Waals surface area (Å²) in [5.41, 5.74) is 0.814. The summed E-state index contributed by atoms with van der Waals surface area (Å²) in [6.45, 7) is 1.50. The largest absolute Gasteiger partial charge is 0.341 e. The number of carbonyl (C=O) groups excluding carboxylic acids is 2. The van der Waals surface area contributed by atoms with Crippen LogP contribution in [0.4, 0.5) is 10.5 Å². The van der Waals surface area contributed by atoms with Gasteiger partial charge in [-0.15, -0.1) is 0 Å². The van der Waals surface area contributed by atoms with E-state index in [0.29, 0.717) is 11.3 Å². The summed E-state index contributed by atoms with van der Waals surface area (Å²) in [5.74, 6) is -0.0776. The highest BCUT2D eigenvalue weighted by Gasteiger charge is 2.18. The van der Waals surface area contributed by atoms with Crippen molar-refractivity contribution in [3.05, 3.63) is 29.8 Å². The molecule has 104 valence electrons. The average Bonchev–Trinajstić information content (AvgIpc) is 2.99. The van der Waals surface area contributed by atoms with E-state index in [1.165, 1.54) is 0 Å². The fourth-order valence-corrected chi connectivity index (χ4v) is 2.09. The van der Waals surface area contributed by atoms with Crippen LogP contribution in [0, 0.1) is 11.3 Å². The maximum absolute atomic E-state index is 11.8. The Bertz CT molecular complexity index is 544. The summed E-state index contributed by atoms with van der Waals surface area (Å²) < 4.78 is 0. The van der Waals surface area contributed by atoms with E-state index in [-0.39, 0.29) is 12.5 Å². The standard InChI is InChI=1S/C14H16N4O2/c15-9-11-5-1-2-6-12(11)17-14(20)16-10-13(19)18-7-3-4-8-18/h1-2,5-6H,3-4,7-8,10H2,(H2,16,17,20). The molecule has 2 rings (SSSR count). The summed E-state index contributed by atoms with van der Waals surface area (Å²) in [7, 11) is 0.